The van der Waals surface area contributed by atoms with Crippen molar-refractivity contribution in [3.63, 3.8) is 0 Å². The number of benzene rings is 7. The summed E-state index contributed by atoms with van der Waals surface area (Å²) in [6.45, 7) is 4.78. The van der Waals surface area contributed by atoms with Crippen molar-refractivity contribution in [2.24, 2.45) is 0 Å². The highest BCUT2D eigenvalue weighted by molar-refractivity contribution is 6.10. The molecule has 53 heavy (non-hydrogen) atoms. The number of hydrogen-bond acceptors (Lipinski definition) is 2. The predicted octanol–water partition coefficient (Wildman–Crippen LogP) is 14.5. The Morgan fingerprint density at radius 2 is 1.19 bits per heavy atom. The van der Waals surface area contributed by atoms with E-state index in [4.69, 9.17) is 4.42 Å². The van der Waals surface area contributed by atoms with Crippen LogP contribution in [0.5, 0.6) is 0 Å². The van der Waals surface area contributed by atoms with Crippen LogP contribution in [0.3, 0.4) is 0 Å². The number of allylic oxidation sites excluding steroid dienone is 4. The minimum atomic E-state index is 0.0355. The molecular weight excluding hydrogens is 643 g/mol. The molecule has 0 bridgehead atoms. The molecule has 254 valence electrons. The van der Waals surface area contributed by atoms with Crippen LogP contribution in [0.15, 0.2) is 186 Å². The minimum absolute atomic E-state index is 0.0355. The molecule has 0 N–H and O–H groups in total. The van der Waals surface area contributed by atoms with Crippen molar-refractivity contribution in [1.82, 2.24) is 0 Å². The van der Waals surface area contributed by atoms with E-state index < -0.39 is 0 Å². The summed E-state index contributed by atoms with van der Waals surface area (Å²) in [6, 6.07) is 59.2. The molecule has 2 nitrogen and oxygen atoms in total. The number of para-hydroxylation sites is 2. The molecule has 1 aromatic heterocycles. The summed E-state index contributed by atoms with van der Waals surface area (Å²) in [6.07, 6.45) is 6.93. The molecule has 0 saturated heterocycles. The molecular formula is C51H39NO. The first-order valence-corrected chi connectivity index (χ1v) is 18.7. The van der Waals surface area contributed by atoms with Gasteiger partial charge in [-0.1, -0.05) is 153 Å². The number of hydrogen-bond donors (Lipinski definition) is 0. The summed E-state index contributed by atoms with van der Waals surface area (Å²) in [4.78, 5) is 2.41. The largest absolute Gasteiger partial charge is 0.455 e. The van der Waals surface area contributed by atoms with E-state index in [1.807, 2.05) is 6.07 Å². The first-order valence-electron chi connectivity index (χ1n) is 18.7. The van der Waals surface area contributed by atoms with Gasteiger partial charge in [-0.05, 0) is 99.8 Å². The second-order valence-corrected chi connectivity index (χ2v) is 14.8. The maximum absolute atomic E-state index is 6.48. The molecule has 7 aromatic carbocycles. The highest BCUT2D eigenvalue weighted by atomic mass is 16.3. The molecule has 2 heteroatoms. The Labute approximate surface area is 311 Å². The topological polar surface area (TPSA) is 16.4 Å². The van der Waals surface area contributed by atoms with Crippen LogP contribution in [-0.4, -0.2) is 0 Å². The fraction of sp³-hybridized carbons (Fsp3) is 0.0980. The highest BCUT2D eigenvalue weighted by Crippen LogP contribution is 2.52. The standard InChI is InChI=1S/C51H39NO/c1-51(2)47-24-10-8-20-42(47)46-33-39(30-31-48(46)51)52(38-17-12-16-36(32-38)34-14-4-3-5-15-34)37-28-26-35(27-29-37)40-18-6-7-19-41(40)44-22-13-23-45-43-21-9-11-25-49(43)53-50(44)45/h3-9,11-23,25-33H,10,24H2,1-2H3. The third kappa shape index (κ3) is 5.17. The van der Waals surface area contributed by atoms with Gasteiger partial charge in [0, 0.05) is 38.8 Å². The zero-order chi connectivity index (χ0) is 35.5. The Morgan fingerprint density at radius 3 is 2.06 bits per heavy atom. The molecule has 1 heterocycles. The van der Waals surface area contributed by atoms with E-state index >= 15 is 0 Å². The summed E-state index contributed by atoms with van der Waals surface area (Å²) in [5.41, 5.74) is 18.0. The Balaban J connectivity index is 1.10. The molecule has 8 aromatic rings. The minimum Gasteiger partial charge on any atom is -0.455 e. The fourth-order valence-electron chi connectivity index (χ4n) is 8.79. The Kier molecular flexibility index (Phi) is 7.33. The van der Waals surface area contributed by atoms with Crippen molar-refractivity contribution in [2.45, 2.75) is 32.1 Å². The van der Waals surface area contributed by atoms with Gasteiger partial charge in [-0.15, -0.1) is 0 Å². The van der Waals surface area contributed by atoms with Crippen molar-refractivity contribution in [3.8, 4) is 33.4 Å². The van der Waals surface area contributed by atoms with Gasteiger partial charge in [-0.3, -0.25) is 0 Å². The quantitative estimate of drug-likeness (QED) is 0.174. The summed E-state index contributed by atoms with van der Waals surface area (Å²) >= 11 is 0. The lowest BCUT2D eigenvalue weighted by atomic mass is 9.78. The van der Waals surface area contributed by atoms with E-state index in [0.29, 0.717) is 0 Å². The van der Waals surface area contributed by atoms with Crippen molar-refractivity contribution < 1.29 is 4.42 Å². The van der Waals surface area contributed by atoms with Gasteiger partial charge in [0.05, 0.1) is 0 Å². The van der Waals surface area contributed by atoms with E-state index in [1.54, 1.807) is 5.57 Å². The van der Waals surface area contributed by atoms with Crippen LogP contribution in [0.25, 0.3) is 60.9 Å². The van der Waals surface area contributed by atoms with E-state index in [0.717, 1.165) is 68.5 Å². The number of rotatable bonds is 6. The summed E-state index contributed by atoms with van der Waals surface area (Å²) in [5, 5.41) is 2.28. The lowest BCUT2D eigenvalue weighted by Crippen LogP contribution is -2.18. The van der Waals surface area contributed by atoms with Gasteiger partial charge in [0.15, 0.2) is 0 Å². The molecule has 0 unspecified atom stereocenters. The van der Waals surface area contributed by atoms with Crippen molar-refractivity contribution >= 4 is 44.6 Å². The van der Waals surface area contributed by atoms with Crippen LogP contribution < -0.4 is 4.90 Å². The molecule has 0 saturated carbocycles. The van der Waals surface area contributed by atoms with Crippen LogP contribution >= 0.6 is 0 Å². The van der Waals surface area contributed by atoms with E-state index in [2.05, 4.69) is 189 Å². The number of furan rings is 1. The van der Waals surface area contributed by atoms with Crippen LogP contribution in [0.4, 0.5) is 17.1 Å². The molecule has 0 atom stereocenters. The zero-order valence-corrected chi connectivity index (χ0v) is 30.0. The average Bonchev–Trinajstić information content (AvgIpc) is 3.71. The maximum atomic E-state index is 6.48. The van der Waals surface area contributed by atoms with E-state index in [9.17, 15) is 0 Å². The van der Waals surface area contributed by atoms with Gasteiger partial charge in [0.2, 0.25) is 0 Å². The first-order chi connectivity index (χ1) is 26.0. The van der Waals surface area contributed by atoms with Gasteiger partial charge in [0.1, 0.15) is 11.2 Å². The van der Waals surface area contributed by atoms with Crippen LogP contribution in [0, 0.1) is 0 Å². The third-order valence-corrected chi connectivity index (χ3v) is 11.4. The fourth-order valence-corrected chi connectivity index (χ4v) is 8.79. The highest BCUT2D eigenvalue weighted by Gasteiger charge is 2.37. The average molecular weight is 682 g/mol. The van der Waals surface area contributed by atoms with Crippen LogP contribution in [0.1, 0.15) is 37.8 Å². The van der Waals surface area contributed by atoms with E-state index in [-0.39, 0.29) is 5.41 Å². The number of anilines is 3. The van der Waals surface area contributed by atoms with Gasteiger partial charge in [-0.25, -0.2) is 0 Å². The zero-order valence-electron chi connectivity index (χ0n) is 30.0. The lowest BCUT2D eigenvalue weighted by Gasteiger charge is -2.28. The first kappa shape index (κ1) is 31.4. The van der Waals surface area contributed by atoms with Crippen LogP contribution in [-0.2, 0) is 5.41 Å². The van der Waals surface area contributed by atoms with Gasteiger partial charge in [-0.2, -0.15) is 0 Å². The lowest BCUT2D eigenvalue weighted by molar-refractivity contribution is 0.607. The third-order valence-electron chi connectivity index (χ3n) is 11.4. The Bertz CT molecular complexity index is 2740. The molecule has 0 fully saturated rings. The normalized spacial score (nSPS) is 14.5. The smallest absolute Gasteiger partial charge is 0.143 e. The Morgan fingerprint density at radius 1 is 0.509 bits per heavy atom. The monoisotopic (exact) mass is 681 g/mol. The summed E-state index contributed by atoms with van der Waals surface area (Å²) in [7, 11) is 0. The summed E-state index contributed by atoms with van der Waals surface area (Å²) < 4.78 is 6.48. The number of nitrogens with zero attached hydrogens (tertiary/aromatic N) is 1. The van der Waals surface area contributed by atoms with Crippen molar-refractivity contribution in [1.29, 1.82) is 0 Å². The second kappa shape index (κ2) is 12.4. The molecule has 0 spiro atoms. The molecule has 0 radical (unpaired) electrons. The van der Waals surface area contributed by atoms with Gasteiger partial charge in [0.25, 0.3) is 0 Å². The van der Waals surface area contributed by atoms with Crippen LogP contribution in [0.2, 0.25) is 0 Å². The van der Waals surface area contributed by atoms with E-state index in [1.165, 1.54) is 33.4 Å². The molecule has 0 amide bonds. The van der Waals surface area contributed by atoms with Gasteiger partial charge >= 0.3 is 0 Å². The number of fused-ring (bicyclic) bond motifs is 5. The molecule has 2 aliphatic rings. The SMILES string of the molecule is CC1(C)C2=C(C=CCC2)c2cc(N(c3ccc(-c4ccccc4-c4cccc5c4oc4ccccc45)cc3)c3cccc(-c4ccccc4)c3)ccc21. The van der Waals surface area contributed by atoms with Crippen molar-refractivity contribution in [3.05, 3.63) is 193 Å². The van der Waals surface area contributed by atoms with Crippen molar-refractivity contribution in [2.75, 3.05) is 4.90 Å². The predicted molar refractivity (Wildman–Crippen MR) is 223 cm³/mol. The molecule has 0 aliphatic heterocycles. The van der Waals surface area contributed by atoms with Gasteiger partial charge < -0.3 is 9.32 Å². The maximum Gasteiger partial charge on any atom is 0.143 e. The summed E-state index contributed by atoms with van der Waals surface area (Å²) in [5.74, 6) is 0. The second-order valence-electron chi connectivity index (χ2n) is 14.8. The Hall–Kier alpha value is -6.38. The molecule has 2 aliphatic carbocycles. The molecule has 10 rings (SSSR count).